The molecule has 0 aliphatic heterocycles. The molecule has 4 heteroatoms. The van der Waals surface area contributed by atoms with Gasteiger partial charge in [-0.15, -0.1) is 0 Å². The fourth-order valence-electron chi connectivity index (χ4n) is 1.04. The number of carboxylic acid groups (broad SMARTS) is 1. The summed E-state index contributed by atoms with van der Waals surface area (Å²) in [4.78, 5) is 10.1. The summed E-state index contributed by atoms with van der Waals surface area (Å²) in [5.74, 6) is 0. The van der Waals surface area contributed by atoms with Crippen LogP contribution in [-0.2, 0) is 4.74 Å². The van der Waals surface area contributed by atoms with Crippen molar-refractivity contribution in [2.75, 3.05) is 13.2 Å². The largest absolute Gasteiger partial charge is 0.505 e. The van der Waals surface area contributed by atoms with E-state index >= 15 is 0 Å². The maximum Gasteiger partial charge on any atom is 0.505 e. The third-order valence-electron chi connectivity index (χ3n) is 1.78. The minimum atomic E-state index is -1.29. The van der Waals surface area contributed by atoms with E-state index in [1.807, 2.05) is 6.92 Å². The highest BCUT2D eigenvalue weighted by Gasteiger charge is 2.24. The molecule has 0 saturated heterocycles. The molecule has 0 aromatic carbocycles. The fourth-order valence-corrected chi connectivity index (χ4v) is 1.04. The van der Waals surface area contributed by atoms with E-state index in [1.54, 1.807) is 6.92 Å². The first-order chi connectivity index (χ1) is 5.54. The van der Waals surface area contributed by atoms with Crippen molar-refractivity contribution in [1.82, 2.24) is 0 Å². The quantitative estimate of drug-likeness (QED) is 0.622. The summed E-state index contributed by atoms with van der Waals surface area (Å²) in [5.41, 5.74) is -0.423. The Balaban J connectivity index is 3.86. The van der Waals surface area contributed by atoms with E-state index in [1.165, 1.54) is 0 Å². The zero-order valence-electron chi connectivity index (χ0n) is 7.54. The van der Waals surface area contributed by atoms with E-state index in [9.17, 15) is 4.79 Å². The first-order valence-corrected chi connectivity index (χ1v) is 4.00. The Kier molecular flexibility index (Phi) is 4.66. The van der Waals surface area contributed by atoms with Gasteiger partial charge in [0, 0.05) is 5.41 Å². The first-order valence-electron chi connectivity index (χ1n) is 4.00. The van der Waals surface area contributed by atoms with Gasteiger partial charge in [0.25, 0.3) is 0 Å². The van der Waals surface area contributed by atoms with Crippen LogP contribution in [0.5, 0.6) is 0 Å². The van der Waals surface area contributed by atoms with Crippen molar-refractivity contribution in [3.8, 4) is 0 Å². The van der Waals surface area contributed by atoms with Crippen molar-refractivity contribution in [1.29, 1.82) is 0 Å². The second-order valence-electron chi connectivity index (χ2n) is 3.27. The third kappa shape index (κ3) is 4.18. The standard InChI is InChI=1S/C8H16O4/c1-3-4-8(2,5-9)6-12-7(10)11/h9H,3-6H2,1-2H3,(H,10,11). The molecular formula is C8H16O4. The molecule has 0 rings (SSSR count). The zero-order chi connectivity index (χ0) is 9.61. The van der Waals surface area contributed by atoms with Crippen molar-refractivity contribution in [3.05, 3.63) is 0 Å². The molecule has 0 amide bonds. The predicted octanol–water partition coefficient (Wildman–Crippen LogP) is 1.48. The molecule has 0 aliphatic rings. The molecule has 2 N–H and O–H groups in total. The lowest BCUT2D eigenvalue weighted by atomic mass is 9.88. The number of carbonyl (C=O) groups is 1. The van der Waals surface area contributed by atoms with Crippen LogP contribution < -0.4 is 0 Å². The molecule has 0 bridgehead atoms. The van der Waals surface area contributed by atoms with Crippen LogP contribution in [0.3, 0.4) is 0 Å². The lowest BCUT2D eigenvalue weighted by Gasteiger charge is -2.25. The Bertz CT molecular complexity index is 146. The molecule has 72 valence electrons. The van der Waals surface area contributed by atoms with Crippen LogP contribution in [0.2, 0.25) is 0 Å². The molecule has 1 unspecified atom stereocenters. The fraction of sp³-hybridized carbons (Fsp3) is 0.875. The van der Waals surface area contributed by atoms with E-state index < -0.39 is 11.6 Å². The van der Waals surface area contributed by atoms with Crippen LogP contribution in [0.4, 0.5) is 4.79 Å². The smallest absolute Gasteiger partial charge is 0.450 e. The van der Waals surface area contributed by atoms with Crippen molar-refractivity contribution >= 4 is 6.16 Å². The third-order valence-corrected chi connectivity index (χ3v) is 1.78. The maximum absolute atomic E-state index is 10.1. The SMILES string of the molecule is CCCC(C)(CO)COC(=O)O. The van der Waals surface area contributed by atoms with Gasteiger partial charge in [-0.05, 0) is 6.42 Å². The van der Waals surface area contributed by atoms with Gasteiger partial charge < -0.3 is 14.9 Å². The monoisotopic (exact) mass is 176 g/mol. The van der Waals surface area contributed by atoms with Gasteiger partial charge in [0.2, 0.25) is 0 Å². The van der Waals surface area contributed by atoms with Gasteiger partial charge in [0.15, 0.2) is 0 Å². The molecule has 1 atom stereocenters. The number of ether oxygens (including phenoxy) is 1. The van der Waals surface area contributed by atoms with Crippen molar-refractivity contribution in [3.63, 3.8) is 0 Å². The van der Waals surface area contributed by atoms with Gasteiger partial charge in [-0.2, -0.15) is 0 Å². The minimum Gasteiger partial charge on any atom is -0.450 e. The summed E-state index contributed by atoms with van der Waals surface area (Å²) in [6.45, 7) is 3.80. The van der Waals surface area contributed by atoms with Crippen LogP contribution in [0.15, 0.2) is 0 Å². The highest BCUT2D eigenvalue weighted by molar-refractivity contribution is 5.56. The van der Waals surface area contributed by atoms with Gasteiger partial charge in [-0.25, -0.2) is 4.79 Å². The second-order valence-corrected chi connectivity index (χ2v) is 3.27. The molecule has 0 fully saturated rings. The van der Waals surface area contributed by atoms with Gasteiger partial charge >= 0.3 is 6.16 Å². The molecule has 4 nitrogen and oxygen atoms in total. The lowest BCUT2D eigenvalue weighted by Crippen LogP contribution is -2.28. The van der Waals surface area contributed by atoms with Gasteiger partial charge in [-0.3, -0.25) is 0 Å². The van der Waals surface area contributed by atoms with Crippen molar-refractivity contribution in [2.45, 2.75) is 26.7 Å². The second kappa shape index (κ2) is 4.98. The number of rotatable bonds is 5. The molecule has 0 radical (unpaired) electrons. The number of hydrogen-bond donors (Lipinski definition) is 2. The van der Waals surface area contributed by atoms with Crippen LogP contribution in [0.25, 0.3) is 0 Å². The predicted molar refractivity (Wildman–Crippen MR) is 44.1 cm³/mol. The molecule has 0 saturated carbocycles. The summed E-state index contributed by atoms with van der Waals surface area (Å²) in [5, 5.41) is 17.2. The van der Waals surface area contributed by atoms with E-state index in [2.05, 4.69) is 4.74 Å². The Hall–Kier alpha value is -0.770. The van der Waals surface area contributed by atoms with Crippen LogP contribution in [-0.4, -0.2) is 29.6 Å². The Morgan fingerprint density at radius 3 is 2.50 bits per heavy atom. The van der Waals surface area contributed by atoms with E-state index in [0.29, 0.717) is 0 Å². The average molecular weight is 176 g/mol. The summed E-state index contributed by atoms with van der Waals surface area (Å²) < 4.78 is 4.41. The molecule has 0 aliphatic carbocycles. The summed E-state index contributed by atoms with van der Waals surface area (Å²) >= 11 is 0. The lowest BCUT2D eigenvalue weighted by molar-refractivity contribution is 0.0207. The molecular weight excluding hydrogens is 160 g/mol. The van der Waals surface area contributed by atoms with Gasteiger partial charge in [-0.1, -0.05) is 20.3 Å². The normalized spacial score (nSPS) is 15.2. The maximum atomic E-state index is 10.1. The molecule has 0 aromatic heterocycles. The average Bonchev–Trinajstić information content (AvgIpc) is 2.02. The molecule has 0 spiro atoms. The number of hydrogen-bond acceptors (Lipinski definition) is 3. The van der Waals surface area contributed by atoms with E-state index in [-0.39, 0.29) is 13.2 Å². The zero-order valence-corrected chi connectivity index (χ0v) is 7.54. The summed E-state index contributed by atoms with van der Waals surface area (Å²) in [7, 11) is 0. The van der Waals surface area contributed by atoms with Crippen molar-refractivity contribution in [2.24, 2.45) is 5.41 Å². The first kappa shape index (κ1) is 11.2. The Morgan fingerprint density at radius 2 is 2.17 bits per heavy atom. The van der Waals surface area contributed by atoms with E-state index in [4.69, 9.17) is 10.2 Å². The van der Waals surface area contributed by atoms with E-state index in [0.717, 1.165) is 12.8 Å². The van der Waals surface area contributed by atoms with Crippen molar-refractivity contribution < 1.29 is 19.7 Å². The highest BCUT2D eigenvalue weighted by Crippen LogP contribution is 2.22. The minimum absolute atomic E-state index is 0.0475. The number of aliphatic hydroxyl groups is 1. The Labute approximate surface area is 72.2 Å². The molecule has 0 aromatic rings. The molecule has 12 heavy (non-hydrogen) atoms. The molecule has 0 heterocycles. The highest BCUT2D eigenvalue weighted by atomic mass is 16.7. The topological polar surface area (TPSA) is 66.8 Å². The van der Waals surface area contributed by atoms with Crippen LogP contribution >= 0.6 is 0 Å². The number of aliphatic hydroxyl groups excluding tert-OH is 1. The van der Waals surface area contributed by atoms with Gasteiger partial charge in [0.1, 0.15) is 6.61 Å². The van der Waals surface area contributed by atoms with Gasteiger partial charge in [0.05, 0.1) is 6.61 Å². The van der Waals surface area contributed by atoms with Crippen LogP contribution in [0.1, 0.15) is 26.7 Å². The Morgan fingerprint density at radius 1 is 1.58 bits per heavy atom. The summed E-state index contributed by atoms with van der Waals surface area (Å²) in [6.07, 6.45) is 0.377. The van der Waals surface area contributed by atoms with Crippen LogP contribution in [0, 0.1) is 5.41 Å². The summed E-state index contributed by atoms with van der Waals surface area (Å²) in [6, 6.07) is 0.